The van der Waals surface area contributed by atoms with E-state index in [2.05, 4.69) is 0 Å². The number of hydrogen-bond acceptors (Lipinski definition) is 2. The standard InChI is InChI=1S/C16H15FO2/c1-10-6-4-8-14(11(10)2)19-15-9-5-7-13(17)16(15)12(3)18/h4-9H,1-3H3. The molecule has 0 N–H and O–H groups in total. The van der Waals surface area contributed by atoms with Gasteiger partial charge in [-0.1, -0.05) is 18.2 Å². The Morgan fingerprint density at radius 1 is 1.05 bits per heavy atom. The fraction of sp³-hybridized carbons (Fsp3) is 0.188. The summed E-state index contributed by atoms with van der Waals surface area (Å²) in [6, 6.07) is 10.0. The van der Waals surface area contributed by atoms with Crippen molar-refractivity contribution in [3.05, 3.63) is 58.9 Å². The SMILES string of the molecule is CC(=O)c1c(F)cccc1Oc1cccc(C)c1C. The molecule has 0 aliphatic rings. The van der Waals surface area contributed by atoms with E-state index in [1.165, 1.54) is 19.1 Å². The first-order valence-corrected chi connectivity index (χ1v) is 6.04. The average Bonchev–Trinajstić information content (AvgIpc) is 2.34. The Hall–Kier alpha value is -2.16. The van der Waals surface area contributed by atoms with E-state index in [0.717, 1.165) is 11.1 Å². The summed E-state index contributed by atoms with van der Waals surface area (Å²) >= 11 is 0. The minimum atomic E-state index is -0.560. The normalized spacial score (nSPS) is 10.3. The van der Waals surface area contributed by atoms with Gasteiger partial charge in [0, 0.05) is 0 Å². The summed E-state index contributed by atoms with van der Waals surface area (Å²) < 4.78 is 19.4. The molecular formula is C16H15FO2. The summed E-state index contributed by atoms with van der Waals surface area (Å²) in [5.41, 5.74) is 2.04. The van der Waals surface area contributed by atoms with Gasteiger partial charge in [0.05, 0.1) is 5.56 Å². The lowest BCUT2D eigenvalue weighted by atomic mass is 10.1. The fourth-order valence-electron chi connectivity index (χ4n) is 1.88. The molecule has 0 saturated heterocycles. The molecule has 0 aliphatic heterocycles. The first-order chi connectivity index (χ1) is 9.00. The van der Waals surface area contributed by atoms with Gasteiger partial charge in [0.2, 0.25) is 0 Å². The van der Waals surface area contributed by atoms with E-state index in [9.17, 15) is 9.18 Å². The fourth-order valence-corrected chi connectivity index (χ4v) is 1.88. The Morgan fingerprint density at radius 3 is 2.37 bits per heavy atom. The second-order valence-electron chi connectivity index (χ2n) is 4.47. The number of Topliss-reactive ketones (excluding diaryl/α,β-unsaturated/α-hetero) is 1. The zero-order valence-corrected chi connectivity index (χ0v) is 11.2. The topological polar surface area (TPSA) is 26.3 Å². The Kier molecular flexibility index (Phi) is 3.65. The van der Waals surface area contributed by atoms with Gasteiger partial charge in [0.15, 0.2) is 5.78 Å². The van der Waals surface area contributed by atoms with Crippen LogP contribution in [0.25, 0.3) is 0 Å². The van der Waals surface area contributed by atoms with E-state index >= 15 is 0 Å². The number of benzene rings is 2. The maximum absolute atomic E-state index is 13.7. The van der Waals surface area contributed by atoms with Crippen molar-refractivity contribution in [2.45, 2.75) is 20.8 Å². The van der Waals surface area contributed by atoms with E-state index in [1.807, 2.05) is 26.0 Å². The highest BCUT2D eigenvalue weighted by Crippen LogP contribution is 2.30. The van der Waals surface area contributed by atoms with Crippen molar-refractivity contribution in [2.75, 3.05) is 0 Å². The number of ketones is 1. The van der Waals surface area contributed by atoms with Crippen LogP contribution in [0, 0.1) is 19.7 Å². The summed E-state index contributed by atoms with van der Waals surface area (Å²) in [6.45, 7) is 5.23. The van der Waals surface area contributed by atoms with Crippen LogP contribution >= 0.6 is 0 Å². The Bertz CT molecular complexity index is 633. The van der Waals surface area contributed by atoms with Crippen molar-refractivity contribution in [1.82, 2.24) is 0 Å². The molecule has 2 aromatic carbocycles. The third-order valence-electron chi connectivity index (χ3n) is 3.10. The molecule has 0 saturated carbocycles. The third kappa shape index (κ3) is 2.65. The van der Waals surface area contributed by atoms with Crippen LogP contribution in [0.5, 0.6) is 11.5 Å². The maximum atomic E-state index is 13.7. The van der Waals surface area contributed by atoms with Crippen molar-refractivity contribution >= 4 is 5.78 Å². The summed E-state index contributed by atoms with van der Waals surface area (Å²) in [5.74, 6) is -0.0250. The molecule has 0 spiro atoms. The predicted octanol–water partition coefficient (Wildman–Crippen LogP) is 4.44. The summed E-state index contributed by atoms with van der Waals surface area (Å²) in [5, 5.41) is 0. The monoisotopic (exact) mass is 258 g/mol. The molecule has 0 heterocycles. The maximum Gasteiger partial charge on any atom is 0.166 e. The van der Waals surface area contributed by atoms with Crippen molar-refractivity contribution in [2.24, 2.45) is 0 Å². The molecule has 2 rings (SSSR count). The number of ether oxygens (including phenoxy) is 1. The molecule has 3 heteroatoms. The number of carbonyl (C=O) groups excluding carboxylic acids is 1. The quantitative estimate of drug-likeness (QED) is 0.761. The lowest BCUT2D eigenvalue weighted by Crippen LogP contribution is -2.01. The molecule has 0 aliphatic carbocycles. The van der Waals surface area contributed by atoms with E-state index in [4.69, 9.17) is 4.74 Å². The van der Waals surface area contributed by atoms with Gasteiger partial charge < -0.3 is 4.74 Å². The number of carbonyl (C=O) groups is 1. The van der Waals surface area contributed by atoms with E-state index in [-0.39, 0.29) is 17.1 Å². The van der Waals surface area contributed by atoms with Crippen LogP contribution in [-0.4, -0.2) is 5.78 Å². The van der Waals surface area contributed by atoms with Gasteiger partial charge in [-0.2, -0.15) is 0 Å². The van der Waals surface area contributed by atoms with Crippen molar-refractivity contribution in [3.8, 4) is 11.5 Å². The van der Waals surface area contributed by atoms with Gasteiger partial charge in [0.25, 0.3) is 0 Å². The molecular weight excluding hydrogens is 243 g/mol. The Balaban J connectivity index is 2.47. The van der Waals surface area contributed by atoms with Crippen LogP contribution in [0.2, 0.25) is 0 Å². The number of rotatable bonds is 3. The number of aryl methyl sites for hydroxylation is 1. The Labute approximate surface area is 111 Å². The van der Waals surface area contributed by atoms with Crippen LogP contribution < -0.4 is 4.74 Å². The van der Waals surface area contributed by atoms with Crippen LogP contribution in [0.15, 0.2) is 36.4 Å². The van der Waals surface area contributed by atoms with Crippen molar-refractivity contribution in [3.63, 3.8) is 0 Å². The second kappa shape index (κ2) is 5.22. The molecule has 98 valence electrons. The van der Waals surface area contributed by atoms with Gasteiger partial charge in [-0.05, 0) is 50.1 Å². The summed E-state index contributed by atoms with van der Waals surface area (Å²) in [4.78, 5) is 11.5. The van der Waals surface area contributed by atoms with Crippen LogP contribution in [0.3, 0.4) is 0 Å². The summed E-state index contributed by atoms with van der Waals surface area (Å²) in [6.07, 6.45) is 0. The van der Waals surface area contributed by atoms with Crippen LogP contribution in [0.4, 0.5) is 4.39 Å². The van der Waals surface area contributed by atoms with E-state index in [0.29, 0.717) is 5.75 Å². The smallest absolute Gasteiger partial charge is 0.166 e. The highest BCUT2D eigenvalue weighted by molar-refractivity contribution is 5.97. The highest BCUT2D eigenvalue weighted by Gasteiger charge is 2.15. The molecule has 19 heavy (non-hydrogen) atoms. The molecule has 0 aromatic heterocycles. The van der Waals surface area contributed by atoms with Crippen molar-refractivity contribution in [1.29, 1.82) is 0 Å². The predicted molar refractivity (Wildman–Crippen MR) is 72.4 cm³/mol. The molecule has 0 radical (unpaired) electrons. The highest BCUT2D eigenvalue weighted by atomic mass is 19.1. The zero-order chi connectivity index (χ0) is 14.0. The first kappa shape index (κ1) is 13.3. The van der Waals surface area contributed by atoms with E-state index in [1.54, 1.807) is 12.1 Å². The molecule has 0 fully saturated rings. The minimum Gasteiger partial charge on any atom is -0.456 e. The Morgan fingerprint density at radius 2 is 1.68 bits per heavy atom. The van der Waals surface area contributed by atoms with Crippen LogP contribution in [0.1, 0.15) is 28.4 Å². The largest absolute Gasteiger partial charge is 0.456 e. The number of halogens is 1. The lowest BCUT2D eigenvalue weighted by molar-refractivity contribution is 0.101. The van der Waals surface area contributed by atoms with Crippen LogP contribution in [-0.2, 0) is 0 Å². The molecule has 2 nitrogen and oxygen atoms in total. The molecule has 0 amide bonds. The molecule has 0 unspecified atom stereocenters. The molecule has 0 bridgehead atoms. The van der Waals surface area contributed by atoms with E-state index < -0.39 is 5.82 Å². The van der Waals surface area contributed by atoms with Crippen molar-refractivity contribution < 1.29 is 13.9 Å². The first-order valence-electron chi connectivity index (χ1n) is 6.04. The zero-order valence-electron chi connectivity index (χ0n) is 11.2. The molecule has 2 aromatic rings. The van der Waals surface area contributed by atoms with Gasteiger partial charge in [0.1, 0.15) is 17.3 Å². The second-order valence-corrected chi connectivity index (χ2v) is 4.47. The van der Waals surface area contributed by atoms with Gasteiger partial charge in [-0.15, -0.1) is 0 Å². The van der Waals surface area contributed by atoms with Gasteiger partial charge in [-0.3, -0.25) is 4.79 Å². The number of hydrogen-bond donors (Lipinski definition) is 0. The molecule has 0 atom stereocenters. The minimum absolute atomic E-state index is 0.0107. The van der Waals surface area contributed by atoms with Gasteiger partial charge >= 0.3 is 0 Å². The third-order valence-corrected chi connectivity index (χ3v) is 3.10. The van der Waals surface area contributed by atoms with Gasteiger partial charge in [-0.25, -0.2) is 4.39 Å². The lowest BCUT2D eigenvalue weighted by Gasteiger charge is -2.13. The summed E-state index contributed by atoms with van der Waals surface area (Å²) in [7, 11) is 0. The average molecular weight is 258 g/mol.